The van der Waals surface area contributed by atoms with Crippen LogP contribution in [0.4, 0.5) is 35.1 Å². The summed E-state index contributed by atoms with van der Waals surface area (Å²) < 4.78 is 103. The number of alkyl halides is 12. The van der Waals surface area contributed by atoms with E-state index in [9.17, 15) is 45.3 Å². The van der Waals surface area contributed by atoms with Crippen LogP contribution in [-0.4, -0.2) is 55.4 Å². The van der Waals surface area contributed by atoms with Crippen molar-refractivity contribution in [1.82, 2.24) is 0 Å². The van der Waals surface area contributed by atoms with Crippen LogP contribution in [-0.2, 0) is 0 Å². The zero-order valence-corrected chi connectivity index (χ0v) is 14.9. The smallest absolute Gasteiger partial charge is 0.357 e. The molecule has 0 aliphatic rings. The van der Waals surface area contributed by atoms with E-state index in [1.807, 2.05) is 0 Å². The highest BCUT2D eigenvalue weighted by molar-refractivity contribution is 6.27. The van der Waals surface area contributed by atoms with Crippen LogP contribution in [0.15, 0.2) is 10.2 Å². The largest absolute Gasteiger partial charge is 0.376 e. The molecular weight excluding hydrogens is 474 g/mol. The molecule has 0 bridgehead atoms. The van der Waals surface area contributed by atoms with E-state index in [-0.39, 0.29) is 12.4 Å². The lowest BCUT2D eigenvalue weighted by Crippen LogP contribution is -2.56. The van der Waals surface area contributed by atoms with E-state index in [0.717, 1.165) is 0 Å². The monoisotopic (exact) mass is 480 g/mol. The minimum Gasteiger partial charge on any atom is -0.376 e. The molecule has 4 nitrogen and oxygen atoms in total. The van der Waals surface area contributed by atoms with Gasteiger partial charge in [0.05, 0.1) is 0 Å². The van der Waals surface area contributed by atoms with Gasteiger partial charge in [-0.15, -0.1) is 0 Å². The Balaban J connectivity index is 5.21. The Morgan fingerprint density at radius 1 is 0.577 bits per heavy atom. The average molecular weight is 482 g/mol. The number of aliphatic hydroxyl groups is 2. The van der Waals surface area contributed by atoms with Gasteiger partial charge in [-0.25, -0.2) is 0 Å². The zero-order chi connectivity index (χ0) is 21.2. The van der Waals surface area contributed by atoms with Crippen LogP contribution in [0.25, 0.3) is 0 Å². The van der Waals surface area contributed by atoms with Gasteiger partial charge in [-0.3, -0.25) is 0 Å². The third kappa shape index (κ3) is 5.68. The number of rotatable bonds is 9. The number of hydrogen-bond donors (Lipinski definition) is 2. The maximum atomic E-state index is 12.9. The van der Waals surface area contributed by atoms with Gasteiger partial charge in [0.1, 0.15) is 0 Å². The normalized spacial score (nSPS) is 16.1. The maximum Gasteiger partial charge on any atom is 0.357 e. The van der Waals surface area contributed by atoms with E-state index in [1.54, 1.807) is 0 Å². The van der Waals surface area contributed by atoms with Crippen LogP contribution in [0.3, 0.4) is 0 Å². The summed E-state index contributed by atoms with van der Waals surface area (Å²) in [5.41, 5.74) is -8.62. The van der Waals surface area contributed by atoms with Gasteiger partial charge in [-0.1, -0.05) is 0 Å². The molecule has 0 aromatic heterocycles. The maximum absolute atomic E-state index is 12.9. The van der Waals surface area contributed by atoms with Crippen molar-refractivity contribution in [2.75, 3.05) is 0 Å². The SMILES string of the molecule is OC(C/C=N\N=C/CC(O)(C(F)(F)Cl)C(F)(F)Cl)(C(F)(F)Cl)C(F)(F)Cl. The molecule has 0 radical (unpaired) electrons. The van der Waals surface area contributed by atoms with Crippen LogP contribution in [0.5, 0.6) is 0 Å². The molecule has 0 saturated carbocycles. The van der Waals surface area contributed by atoms with Crippen LogP contribution in [0.1, 0.15) is 12.8 Å². The summed E-state index contributed by atoms with van der Waals surface area (Å²) in [6, 6.07) is 0. The summed E-state index contributed by atoms with van der Waals surface area (Å²) in [6.07, 6.45) is -3.14. The van der Waals surface area contributed by atoms with Crippen molar-refractivity contribution in [2.45, 2.75) is 45.6 Å². The van der Waals surface area contributed by atoms with Crippen LogP contribution in [0, 0.1) is 0 Å². The molecule has 0 saturated heterocycles. The molecular formula is C10H8Cl4F8N2O2. The molecule has 154 valence electrons. The van der Waals surface area contributed by atoms with Gasteiger partial charge in [0.25, 0.3) is 0 Å². The van der Waals surface area contributed by atoms with Crippen LogP contribution in [0.2, 0.25) is 0 Å². The summed E-state index contributed by atoms with van der Waals surface area (Å²) >= 11 is 17.4. The van der Waals surface area contributed by atoms with Crippen molar-refractivity contribution in [3.05, 3.63) is 0 Å². The highest BCUT2D eigenvalue weighted by Crippen LogP contribution is 2.48. The van der Waals surface area contributed by atoms with Gasteiger partial charge in [0, 0.05) is 25.3 Å². The Labute approximate surface area is 160 Å². The van der Waals surface area contributed by atoms with Gasteiger partial charge in [0.15, 0.2) is 0 Å². The molecule has 0 aliphatic carbocycles. The molecule has 0 rings (SSSR count). The number of hydrogen-bond acceptors (Lipinski definition) is 4. The Kier molecular flexibility index (Phi) is 8.03. The van der Waals surface area contributed by atoms with Gasteiger partial charge in [0.2, 0.25) is 11.2 Å². The Bertz CT molecular complexity index is 463. The molecule has 0 heterocycles. The fraction of sp³-hybridized carbons (Fsp3) is 0.800. The lowest BCUT2D eigenvalue weighted by molar-refractivity contribution is -0.212. The van der Waals surface area contributed by atoms with Gasteiger partial charge < -0.3 is 10.2 Å². The first-order chi connectivity index (χ1) is 11.2. The second-order valence-corrected chi connectivity index (χ2v) is 6.61. The second-order valence-electron chi connectivity index (χ2n) is 4.72. The molecule has 0 atom stereocenters. The fourth-order valence-electron chi connectivity index (χ4n) is 1.22. The van der Waals surface area contributed by atoms with E-state index in [0.29, 0.717) is 0 Å². The van der Waals surface area contributed by atoms with E-state index in [1.165, 1.54) is 0 Å². The summed E-state index contributed by atoms with van der Waals surface area (Å²) in [5.74, 6) is 0. The Hall–Kier alpha value is -0.140. The van der Waals surface area contributed by atoms with Gasteiger partial charge >= 0.3 is 21.5 Å². The molecule has 0 fully saturated rings. The third-order valence-electron chi connectivity index (χ3n) is 2.88. The van der Waals surface area contributed by atoms with E-state index in [4.69, 9.17) is 0 Å². The molecule has 2 N–H and O–H groups in total. The Morgan fingerprint density at radius 3 is 0.923 bits per heavy atom. The highest BCUT2D eigenvalue weighted by atomic mass is 35.5. The second kappa shape index (κ2) is 8.08. The first-order valence-corrected chi connectivity index (χ1v) is 7.47. The molecule has 0 spiro atoms. The summed E-state index contributed by atoms with van der Waals surface area (Å²) in [7, 11) is 0. The number of nitrogens with zero attached hydrogens (tertiary/aromatic N) is 2. The quantitative estimate of drug-likeness (QED) is 0.218. The summed E-state index contributed by atoms with van der Waals surface area (Å²) in [4.78, 5) is 0. The minimum absolute atomic E-state index is 0.111. The van der Waals surface area contributed by atoms with Gasteiger partial charge in [-0.05, 0) is 46.4 Å². The predicted octanol–water partition coefficient (Wildman–Crippen LogP) is 4.61. The van der Waals surface area contributed by atoms with Gasteiger partial charge in [-0.2, -0.15) is 45.3 Å². The first-order valence-electron chi connectivity index (χ1n) is 5.96. The molecule has 0 aromatic carbocycles. The van der Waals surface area contributed by atoms with Crippen molar-refractivity contribution >= 4 is 58.8 Å². The van der Waals surface area contributed by atoms with Crippen molar-refractivity contribution in [3.63, 3.8) is 0 Å². The summed E-state index contributed by atoms with van der Waals surface area (Å²) in [5, 5.41) is 4.25. The number of halogens is 12. The topological polar surface area (TPSA) is 65.2 Å². The average Bonchev–Trinajstić information content (AvgIpc) is 2.36. The third-order valence-corrected chi connectivity index (χ3v) is 4.13. The van der Waals surface area contributed by atoms with Crippen molar-refractivity contribution in [3.8, 4) is 0 Å². The van der Waals surface area contributed by atoms with E-state index >= 15 is 0 Å². The molecule has 26 heavy (non-hydrogen) atoms. The van der Waals surface area contributed by atoms with Crippen molar-refractivity contribution in [2.24, 2.45) is 10.2 Å². The van der Waals surface area contributed by atoms with E-state index < -0.39 is 45.6 Å². The van der Waals surface area contributed by atoms with Crippen LogP contribution < -0.4 is 0 Å². The highest BCUT2D eigenvalue weighted by Gasteiger charge is 2.67. The zero-order valence-electron chi connectivity index (χ0n) is 11.9. The minimum atomic E-state index is -4.92. The summed E-state index contributed by atoms with van der Waals surface area (Å²) in [6.45, 7) is 0. The van der Waals surface area contributed by atoms with Crippen molar-refractivity contribution < 1.29 is 45.3 Å². The molecule has 0 aromatic rings. The van der Waals surface area contributed by atoms with Crippen LogP contribution >= 0.6 is 46.4 Å². The molecule has 16 heteroatoms. The lowest BCUT2D eigenvalue weighted by atomic mass is 10.0. The van der Waals surface area contributed by atoms with Crippen molar-refractivity contribution in [1.29, 1.82) is 0 Å². The van der Waals surface area contributed by atoms with E-state index in [2.05, 4.69) is 56.6 Å². The first kappa shape index (κ1) is 25.9. The standard InChI is InChI=1S/C10H8Cl4F8N2O2/c11-7(15,16)5(25,8(12,17)18)1-3-23-24-4-2-6(26,9(13,19)20)10(14,21)22/h3-4,25-26H,1-2H2/b23-3-,24-4-. The molecule has 0 aliphatic heterocycles. The lowest BCUT2D eigenvalue weighted by Gasteiger charge is -2.33. The Morgan fingerprint density at radius 2 is 0.769 bits per heavy atom. The molecule has 0 amide bonds. The fourth-order valence-corrected chi connectivity index (χ4v) is 2.10. The molecule has 0 unspecified atom stereocenters. The predicted molar refractivity (Wildman–Crippen MR) is 79.3 cm³/mol.